The number of benzene rings is 1. The Morgan fingerprint density at radius 3 is 2.92 bits per heavy atom. The number of ether oxygens (including phenoxy) is 1. The summed E-state index contributed by atoms with van der Waals surface area (Å²) < 4.78 is 34.8. The molecule has 1 saturated carbocycles. The molecule has 7 nitrogen and oxygen atoms in total. The average molecular weight is 350 g/mol. The predicted molar refractivity (Wildman–Crippen MR) is 90.6 cm³/mol. The van der Waals surface area contributed by atoms with E-state index in [-0.39, 0.29) is 16.9 Å². The van der Waals surface area contributed by atoms with Gasteiger partial charge >= 0.3 is 0 Å². The summed E-state index contributed by atoms with van der Waals surface area (Å²) in [6, 6.07) is 7.20. The first-order valence-corrected chi connectivity index (χ1v) is 9.44. The number of methoxy groups -OCH3 is 1. The Kier molecular flexibility index (Phi) is 4.88. The summed E-state index contributed by atoms with van der Waals surface area (Å²) in [6.07, 6.45) is 5.62. The van der Waals surface area contributed by atoms with Gasteiger partial charge in [0.1, 0.15) is 16.3 Å². The zero-order chi connectivity index (χ0) is 17.2. The quantitative estimate of drug-likeness (QED) is 0.818. The third kappa shape index (κ3) is 3.31. The Labute approximate surface area is 141 Å². The number of nitrogens with zero attached hydrogens (tertiary/aromatic N) is 2. The molecule has 0 saturated heterocycles. The molecule has 0 bridgehead atoms. The summed E-state index contributed by atoms with van der Waals surface area (Å²) in [5.41, 5.74) is 6.41. The van der Waals surface area contributed by atoms with Gasteiger partial charge in [0.05, 0.1) is 19.5 Å². The van der Waals surface area contributed by atoms with E-state index in [1.54, 1.807) is 13.2 Å². The summed E-state index contributed by atoms with van der Waals surface area (Å²) >= 11 is 0. The number of aromatic nitrogens is 2. The molecule has 1 aromatic heterocycles. The van der Waals surface area contributed by atoms with Gasteiger partial charge in [-0.25, -0.2) is 17.8 Å². The van der Waals surface area contributed by atoms with Gasteiger partial charge in [-0.15, -0.1) is 0 Å². The minimum absolute atomic E-state index is 0.102. The lowest BCUT2D eigenvalue weighted by Gasteiger charge is -2.18. The van der Waals surface area contributed by atoms with Crippen LogP contribution in [0.1, 0.15) is 19.3 Å². The van der Waals surface area contributed by atoms with Crippen LogP contribution in [-0.2, 0) is 10.0 Å². The molecule has 0 spiro atoms. The maximum absolute atomic E-state index is 12.6. The summed E-state index contributed by atoms with van der Waals surface area (Å²) in [5.74, 6) is 0.820. The molecule has 24 heavy (non-hydrogen) atoms. The molecule has 1 aliphatic carbocycles. The molecule has 1 heterocycles. The van der Waals surface area contributed by atoms with Crippen LogP contribution < -0.4 is 15.2 Å². The van der Waals surface area contributed by atoms with Crippen LogP contribution >= 0.6 is 0 Å². The van der Waals surface area contributed by atoms with Crippen molar-refractivity contribution in [3.05, 3.63) is 36.7 Å². The maximum Gasteiger partial charge on any atom is 0.243 e. The van der Waals surface area contributed by atoms with E-state index < -0.39 is 10.0 Å². The molecule has 1 fully saturated rings. The molecule has 0 radical (unpaired) electrons. The lowest BCUT2D eigenvalue weighted by atomic mass is 10.1. The van der Waals surface area contributed by atoms with E-state index in [1.165, 1.54) is 17.1 Å². The first kappa shape index (κ1) is 16.9. The van der Waals surface area contributed by atoms with E-state index >= 15 is 0 Å². The van der Waals surface area contributed by atoms with Crippen molar-refractivity contribution in [2.45, 2.75) is 30.2 Å². The van der Waals surface area contributed by atoms with Crippen molar-refractivity contribution in [3.63, 3.8) is 0 Å². The highest BCUT2D eigenvalue weighted by Crippen LogP contribution is 2.27. The Bertz CT molecular complexity index is 803. The molecule has 0 aliphatic heterocycles. The second-order valence-electron chi connectivity index (χ2n) is 5.95. The fourth-order valence-corrected chi connectivity index (χ4v) is 4.41. The molecule has 3 rings (SSSR count). The largest absolute Gasteiger partial charge is 0.494 e. The van der Waals surface area contributed by atoms with E-state index in [9.17, 15) is 8.42 Å². The topological polar surface area (TPSA) is 99.2 Å². The van der Waals surface area contributed by atoms with Crippen molar-refractivity contribution >= 4 is 10.0 Å². The lowest BCUT2D eigenvalue weighted by Crippen LogP contribution is -2.39. The summed E-state index contributed by atoms with van der Waals surface area (Å²) in [4.78, 5) is 0.135. The van der Waals surface area contributed by atoms with Gasteiger partial charge in [0, 0.05) is 6.04 Å². The molecule has 1 aromatic carbocycles. The monoisotopic (exact) mass is 350 g/mol. The van der Waals surface area contributed by atoms with E-state index in [4.69, 9.17) is 10.5 Å². The fourth-order valence-electron chi connectivity index (χ4n) is 3.14. The third-order valence-electron chi connectivity index (χ3n) is 4.47. The highest BCUT2D eigenvalue weighted by atomic mass is 32.2. The zero-order valence-electron chi connectivity index (χ0n) is 13.6. The van der Waals surface area contributed by atoms with Crippen molar-refractivity contribution in [3.8, 4) is 11.4 Å². The highest BCUT2D eigenvalue weighted by molar-refractivity contribution is 7.89. The van der Waals surface area contributed by atoms with Gasteiger partial charge in [-0.1, -0.05) is 18.6 Å². The SMILES string of the molecule is COc1ccccc1-n1cc(S(=O)(=O)N[C@H]2CCC[C@@H]2CN)cn1. The molecular weight excluding hydrogens is 328 g/mol. The van der Waals surface area contributed by atoms with E-state index in [2.05, 4.69) is 9.82 Å². The second kappa shape index (κ2) is 6.92. The number of para-hydroxylation sites is 2. The van der Waals surface area contributed by atoms with Crippen molar-refractivity contribution < 1.29 is 13.2 Å². The van der Waals surface area contributed by atoms with E-state index in [0.717, 1.165) is 19.3 Å². The minimum Gasteiger partial charge on any atom is -0.494 e. The van der Waals surface area contributed by atoms with Crippen LogP contribution in [0.5, 0.6) is 5.75 Å². The molecule has 1 aliphatic rings. The lowest BCUT2D eigenvalue weighted by molar-refractivity contribution is 0.411. The number of sulfonamides is 1. The van der Waals surface area contributed by atoms with Crippen LogP contribution in [0.15, 0.2) is 41.6 Å². The van der Waals surface area contributed by atoms with E-state index in [0.29, 0.717) is 18.0 Å². The summed E-state index contributed by atoms with van der Waals surface area (Å²) in [5, 5.41) is 4.17. The van der Waals surface area contributed by atoms with Gasteiger partial charge in [-0.05, 0) is 37.4 Å². The predicted octanol–water partition coefficient (Wildman–Crippen LogP) is 1.29. The van der Waals surface area contributed by atoms with Gasteiger partial charge < -0.3 is 10.5 Å². The standard InChI is InChI=1S/C16H22N4O3S/c1-23-16-8-3-2-7-15(16)20-11-13(10-18-20)24(21,22)19-14-6-4-5-12(14)9-17/h2-3,7-8,10-12,14,19H,4-6,9,17H2,1H3/t12-,14+/m1/s1. The smallest absolute Gasteiger partial charge is 0.243 e. The molecule has 2 aromatic rings. The van der Waals surface area contributed by atoms with Crippen molar-refractivity contribution in [2.24, 2.45) is 11.7 Å². The normalized spacial score (nSPS) is 21.1. The van der Waals surface area contributed by atoms with Crippen LogP contribution in [0.25, 0.3) is 5.69 Å². The maximum atomic E-state index is 12.6. The number of hydrogen-bond acceptors (Lipinski definition) is 5. The van der Waals surface area contributed by atoms with Crippen molar-refractivity contribution in [1.29, 1.82) is 0 Å². The number of nitrogens with one attached hydrogen (secondary N) is 1. The zero-order valence-corrected chi connectivity index (χ0v) is 14.4. The van der Waals surface area contributed by atoms with Crippen LogP contribution in [0.2, 0.25) is 0 Å². The van der Waals surface area contributed by atoms with E-state index in [1.807, 2.05) is 18.2 Å². The van der Waals surface area contributed by atoms with Gasteiger partial charge in [-0.2, -0.15) is 5.10 Å². The van der Waals surface area contributed by atoms with Crippen LogP contribution in [-0.4, -0.2) is 37.9 Å². The number of nitrogens with two attached hydrogens (primary N) is 1. The molecule has 2 atom stereocenters. The number of rotatable bonds is 6. The first-order valence-electron chi connectivity index (χ1n) is 7.95. The summed E-state index contributed by atoms with van der Waals surface area (Å²) in [7, 11) is -2.06. The Hall–Kier alpha value is -1.90. The van der Waals surface area contributed by atoms with Crippen molar-refractivity contribution in [2.75, 3.05) is 13.7 Å². The number of hydrogen-bond donors (Lipinski definition) is 2. The van der Waals surface area contributed by atoms with Gasteiger partial charge in [0.25, 0.3) is 0 Å². The Morgan fingerprint density at radius 2 is 2.17 bits per heavy atom. The third-order valence-corrected chi connectivity index (χ3v) is 5.91. The molecule has 130 valence electrons. The minimum atomic E-state index is -3.62. The molecule has 0 unspecified atom stereocenters. The van der Waals surface area contributed by atoms with Gasteiger partial charge in [-0.3, -0.25) is 0 Å². The Balaban J connectivity index is 1.84. The fraction of sp³-hybridized carbons (Fsp3) is 0.438. The molecule has 3 N–H and O–H groups in total. The first-order chi connectivity index (χ1) is 11.5. The molecule has 0 amide bonds. The Morgan fingerprint density at radius 1 is 1.38 bits per heavy atom. The molecular formula is C16H22N4O3S. The van der Waals surface area contributed by atoms with Gasteiger partial charge in [0.15, 0.2) is 0 Å². The summed E-state index contributed by atoms with van der Waals surface area (Å²) in [6.45, 7) is 0.494. The highest BCUT2D eigenvalue weighted by Gasteiger charge is 2.31. The molecule has 8 heteroatoms. The van der Waals surface area contributed by atoms with Gasteiger partial charge in [0.2, 0.25) is 10.0 Å². The van der Waals surface area contributed by atoms with Crippen molar-refractivity contribution in [1.82, 2.24) is 14.5 Å². The van der Waals surface area contributed by atoms with Crippen LogP contribution in [0.4, 0.5) is 0 Å². The van der Waals surface area contributed by atoms with Crippen LogP contribution in [0, 0.1) is 5.92 Å². The van der Waals surface area contributed by atoms with Crippen LogP contribution in [0.3, 0.4) is 0 Å². The average Bonchev–Trinajstić information content (AvgIpc) is 3.23. The second-order valence-corrected chi connectivity index (χ2v) is 7.66.